The highest BCUT2D eigenvalue weighted by atomic mass is 32.1. The molecule has 0 spiro atoms. The number of nitrogens with zero attached hydrogens (tertiary/aromatic N) is 2. The van der Waals surface area contributed by atoms with Crippen molar-refractivity contribution in [3.8, 4) is 10.4 Å². The number of hydrogen-bond acceptors (Lipinski definition) is 3. The van der Waals surface area contributed by atoms with Crippen molar-refractivity contribution in [2.75, 3.05) is 0 Å². The van der Waals surface area contributed by atoms with Crippen LogP contribution in [0.4, 0.5) is 0 Å². The van der Waals surface area contributed by atoms with Crippen molar-refractivity contribution < 1.29 is 0 Å². The van der Waals surface area contributed by atoms with E-state index in [1.54, 1.807) is 17.5 Å². The van der Waals surface area contributed by atoms with Gasteiger partial charge in [-0.1, -0.05) is 30.3 Å². The third-order valence-electron chi connectivity index (χ3n) is 3.16. The summed E-state index contributed by atoms with van der Waals surface area (Å²) in [5.41, 5.74) is 2.25. The second kappa shape index (κ2) is 4.14. The average molecular weight is 262 g/mol. The van der Waals surface area contributed by atoms with E-state index < -0.39 is 0 Å². The number of fused-ring (bicyclic) bond motifs is 2. The summed E-state index contributed by atoms with van der Waals surface area (Å²) in [7, 11) is 0. The van der Waals surface area contributed by atoms with Crippen molar-refractivity contribution in [1.29, 1.82) is 0 Å². The fourth-order valence-corrected chi connectivity index (χ4v) is 3.25. The van der Waals surface area contributed by atoms with Crippen LogP contribution in [0, 0.1) is 0 Å². The lowest BCUT2D eigenvalue weighted by atomic mass is 10.1. The molecule has 0 fully saturated rings. The molecule has 3 heterocycles. The minimum Gasteiger partial charge on any atom is -0.264 e. The topological polar surface area (TPSA) is 25.8 Å². The summed E-state index contributed by atoms with van der Waals surface area (Å²) in [6.45, 7) is 0. The Morgan fingerprint density at radius 2 is 1.79 bits per heavy atom. The Balaban J connectivity index is 1.98. The van der Waals surface area contributed by atoms with Gasteiger partial charge < -0.3 is 0 Å². The summed E-state index contributed by atoms with van der Waals surface area (Å²) in [6, 6.07) is 16.7. The zero-order chi connectivity index (χ0) is 12.7. The molecule has 0 aliphatic carbocycles. The number of aromatic nitrogens is 2. The van der Waals surface area contributed by atoms with E-state index in [9.17, 15) is 0 Å². The zero-order valence-corrected chi connectivity index (χ0v) is 10.9. The first kappa shape index (κ1) is 10.6. The molecule has 0 aliphatic rings. The first-order chi connectivity index (χ1) is 9.40. The highest BCUT2D eigenvalue weighted by Crippen LogP contribution is 2.33. The molecule has 0 radical (unpaired) electrons. The van der Waals surface area contributed by atoms with Gasteiger partial charge in [-0.2, -0.15) is 0 Å². The van der Waals surface area contributed by atoms with Crippen LogP contribution in [0.5, 0.6) is 0 Å². The molecule has 0 amide bonds. The maximum absolute atomic E-state index is 4.70. The van der Waals surface area contributed by atoms with Crippen LogP contribution in [0.1, 0.15) is 0 Å². The van der Waals surface area contributed by atoms with E-state index in [4.69, 9.17) is 4.98 Å². The van der Waals surface area contributed by atoms with E-state index in [0.717, 1.165) is 15.7 Å². The van der Waals surface area contributed by atoms with Gasteiger partial charge in [0.15, 0.2) is 0 Å². The van der Waals surface area contributed by atoms with Crippen LogP contribution in [0.3, 0.4) is 0 Å². The van der Waals surface area contributed by atoms with E-state index in [1.807, 2.05) is 18.3 Å². The second-order valence-electron chi connectivity index (χ2n) is 4.43. The Morgan fingerprint density at radius 1 is 0.895 bits per heavy atom. The number of hydrogen-bond donors (Lipinski definition) is 0. The molecule has 90 valence electrons. The molecule has 3 heteroatoms. The molecule has 0 saturated heterocycles. The van der Waals surface area contributed by atoms with Gasteiger partial charge in [-0.05, 0) is 23.8 Å². The molecule has 1 aromatic carbocycles. The molecule has 4 rings (SSSR count). The molecule has 0 atom stereocenters. The summed E-state index contributed by atoms with van der Waals surface area (Å²) in [5.74, 6) is 0. The number of rotatable bonds is 1. The van der Waals surface area contributed by atoms with Crippen LogP contribution < -0.4 is 0 Å². The normalized spacial score (nSPS) is 11.2. The molecule has 2 nitrogen and oxygen atoms in total. The molecule has 3 aromatic heterocycles. The largest absolute Gasteiger partial charge is 0.264 e. The van der Waals surface area contributed by atoms with Crippen molar-refractivity contribution >= 4 is 32.5 Å². The quantitative estimate of drug-likeness (QED) is 0.504. The predicted octanol–water partition coefficient (Wildman–Crippen LogP) is 4.51. The fourth-order valence-electron chi connectivity index (χ4n) is 2.22. The minimum atomic E-state index is 1.00. The lowest BCUT2D eigenvalue weighted by Crippen LogP contribution is -1.78. The maximum atomic E-state index is 4.70. The van der Waals surface area contributed by atoms with Crippen LogP contribution in [0.25, 0.3) is 31.6 Å². The molecule has 19 heavy (non-hydrogen) atoms. The van der Waals surface area contributed by atoms with Gasteiger partial charge >= 0.3 is 0 Å². The van der Waals surface area contributed by atoms with E-state index in [2.05, 4.69) is 41.4 Å². The first-order valence-corrected chi connectivity index (χ1v) is 6.91. The zero-order valence-electron chi connectivity index (χ0n) is 10.1. The van der Waals surface area contributed by atoms with Crippen molar-refractivity contribution in [3.63, 3.8) is 0 Å². The fraction of sp³-hybridized carbons (Fsp3) is 0. The molecule has 0 aliphatic heterocycles. The monoisotopic (exact) mass is 262 g/mol. The summed E-state index contributed by atoms with van der Waals surface area (Å²) in [6.07, 6.45) is 3.65. The minimum absolute atomic E-state index is 1.00. The molecule has 0 N–H and O–H groups in total. The molecule has 4 aromatic rings. The summed E-state index contributed by atoms with van der Waals surface area (Å²) < 4.78 is 0. The summed E-state index contributed by atoms with van der Waals surface area (Å²) in [5, 5.41) is 2.27. The van der Waals surface area contributed by atoms with Gasteiger partial charge in [0.2, 0.25) is 0 Å². The average Bonchev–Trinajstić information content (AvgIpc) is 2.88. The van der Waals surface area contributed by atoms with Crippen LogP contribution >= 0.6 is 11.3 Å². The van der Waals surface area contributed by atoms with Gasteiger partial charge in [-0.15, -0.1) is 11.3 Å². The van der Waals surface area contributed by atoms with Crippen molar-refractivity contribution in [1.82, 2.24) is 9.97 Å². The van der Waals surface area contributed by atoms with Gasteiger partial charge in [0.25, 0.3) is 0 Å². The van der Waals surface area contributed by atoms with E-state index in [1.165, 1.54) is 15.8 Å². The van der Waals surface area contributed by atoms with Crippen LogP contribution in [0.15, 0.2) is 60.9 Å². The number of pyridine rings is 2. The smallest absolute Gasteiger partial charge is 0.124 e. The first-order valence-electron chi connectivity index (χ1n) is 6.10. The van der Waals surface area contributed by atoms with Crippen molar-refractivity contribution in [3.05, 3.63) is 60.9 Å². The molecular weight excluding hydrogens is 252 g/mol. The predicted molar refractivity (Wildman–Crippen MR) is 80.4 cm³/mol. The third kappa shape index (κ3) is 1.79. The molecular formula is C16H10N2S. The van der Waals surface area contributed by atoms with E-state index in [0.29, 0.717) is 0 Å². The number of thiophene rings is 1. The molecule has 0 unspecified atom stereocenters. The summed E-state index contributed by atoms with van der Waals surface area (Å²) in [4.78, 5) is 11.2. The standard InChI is InChI=1S/C16H10N2S/c1-2-4-11(5-3-1)15-9-12-8-13-10-17-7-6-14(13)18-16(12)19-15/h1-10H. The lowest BCUT2D eigenvalue weighted by Gasteiger charge is -1.94. The Kier molecular flexibility index (Phi) is 2.32. The highest BCUT2D eigenvalue weighted by Gasteiger charge is 2.06. The van der Waals surface area contributed by atoms with Crippen molar-refractivity contribution in [2.24, 2.45) is 0 Å². The Bertz CT molecular complexity index is 813. The molecule has 0 bridgehead atoms. The number of benzene rings is 1. The van der Waals surface area contributed by atoms with Crippen LogP contribution in [-0.2, 0) is 0 Å². The lowest BCUT2D eigenvalue weighted by molar-refractivity contribution is 1.35. The molecule has 0 saturated carbocycles. The van der Waals surface area contributed by atoms with Gasteiger partial charge in [-0.3, -0.25) is 4.98 Å². The Labute approximate surface area is 114 Å². The SMILES string of the molecule is c1ccc(-c2cc3cc4cnccc4nc3s2)cc1. The third-order valence-corrected chi connectivity index (χ3v) is 4.25. The Hall–Kier alpha value is -2.26. The maximum Gasteiger partial charge on any atom is 0.124 e. The Morgan fingerprint density at radius 3 is 2.68 bits per heavy atom. The van der Waals surface area contributed by atoms with E-state index >= 15 is 0 Å². The highest BCUT2D eigenvalue weighted by molar-refractivity contribution is 7.21. The van der Waals surface area contributed by atoms with Crippen LogP contribution in [0.2, 0.25) is 0 Å². The van der Waals surface area contributed by atoms with Gasteiger partial charge in [0.1, 0.15) is 4.83 Å². The second-order valence-corrected chi connectivity index (χ2v) is 5.46. The van der Waals surface area contributed by atoms with Gasteiger partial charge in [-0.25, -0.2) is 4.98 Å². The summed E-state index contributed by atoms with van der Waals surface area (Å²) >= 11 is 1.73. The van der Waals surface area contributed by atoms with Gasteiger partial charge in [0, 0.05) is 28.0 Å². The van der Waals surface area contributed by atoms with Crippen LogP contribution in [-0.4, -0.2) is 9.97 Å². The van der Waals surface area contributed by atoms with Crippen molar-refractivity contribution in [2.45, 2.75) is 0 Å². The van der Waals surface area contributed by atoms with E-state index in [-0.39, 0.29) is 0 Å². The van der Waals surface area contributed by atoms with Gasteiger partial charge in [0.05, 0.1) is 5.52 Å².